The van der Waals surface area contributed by atoms with Gasteiger partial charge in [-0.2, -0.15) is 0 Å². The van der Waals surface area contributed by atoms with Crippen LogP contribution in [0.1, 0.15) is 6.92 Å². The van der Waals surface area contributed by atoms with Gasteiger partial charge < -0.3 is 4.89 Å². The summed E-state index contributed by atoms with van der Waals surface area (Å²) in [6, 6.07) is 0. The predicted molar refractivity (Wildman–Crippen MR) is 36.7 cm³/mol. The molecule has 0 aliphatic rings. The van der Waals surface area contributed by atoms with Crippen LogP contribution in [0, 0.1) is 0 Å². The molecule has 0 aromatic rings. The zero-order chi connectivity index (χ0) is 8.20. The third kappa shape index (κ3) is 2.92. The van der Waals surface area contributed by atoms with Gasteiger partial charge in [-0.05, 0) is 0 Å². The maximum absolute atomic E-state index is 10.6. The van der Waals surface area contributed by atoms with Gasteiger partial charge in [-0.15, -0.1) is 6.58 Å². The molecular weight excluding hydrogens is 155 g/mol. The van der Waals surface area contributed by atoms with Crippen LogP contribution in [0.15, 0.2) is 12.7 Å². The molecule has 0 fully saturated rings. The Bertz CT molecular complexity index is 186. The molecule has 0 rings (SSSR count). The summed E-state index contributed by atoms with van der Waals surface area (Å²) in [7, 11) is -3.99. The molecule has 0 aromatic carbocycles. The standard InChI is InChI=1S/C5H9O4P/c1-3-4-9-10(7,8)5(2)6/h3H,1,4H2,2H3,(H,7,8). The van der Waals surface area contributed by atoms with Gasteiger partial charge in [0.05, 0.1) is 6.61 Å². The highest BCUT2D eigenvalue weighted by atomic mass is 31.2. The maximum Gasteiger partial charge on any atom is 0.394 e. The Labute approximate surface area is 59.0 Å². The third-order valence-electron chi connectivity index (χ3n) is 0.765. The van der Waals surface area contributed by atoms with E-state index >= 15 is 0 Å². The highest BCUT2D eigenvalue weighted by Crippen LogP contribution is 2.42. The highest BCUT2D eigenvalue weighted by Gasteiger charge is 2.24. The summed E-state index contributed by atoms with van der Waals surface area (Å²) in [6.07, 6.45) is 1.30. The van der Waals surface area contributed by atoms with Crippen LogP contribution in [0.5, 0.6) is 0 Å². The molecule has 5 heteroatoms. The SMILES string of the molecule is C=CCOP(=O)(O)C(C)=O. The largest absolute Gasteiger partial charge is 0.394 e. The second-order valence-corrected chi connectivity index (χ2v) is 3.55. The monoisotopic (exact) mass is 164 g/mol. The van der Waals surface area contributed by atoms with Crippen molar-refractivity contribution >= 4 is 13.1 Å². The first-order valence-corrected chi connectivity index (χ1v) is 4.18. The van der Waals surface area contributed by atoms with E-state index in [1.54, 1.807) is 0 Å². The van der Waals surface area contributed by atoms with E-state index in [1.807, 2.05) is 0 Å². The van der Waals surface area contributed by atoms with Crippen molar-refractivity contribution in [2.24, 2.45) is 0 Å². The lowest BCUT2D eigenvalue weighted by Crippen LogP contribution is -1.97. The normalized spacial score (nSPS) is 15.8. The fourth-order valence-corrected chi connectivity index (χ4v) is 0.734. The van der Waals surface area contributed by atoms with Gasteiger partial charge in [-0.25, -0.2) is 0 Å². The van der Waals surface area contributed by atoms with Crippen LogP contribution in [-0.4, -0.2) is 17.0 Å². The van der Waals surface area contributed by atoms with Crippen LogP contribution in [0.3, 0.4) is 0 Å². The van der Waals surface area contributed by atoms with E-state index < -0.39 is 13.1 Å². The zero-order valence-corrected chi connectivity index (χ0v) is 6.51. The fraction of sp³-hybridized carbons (Fsp3) is 0.400. The van der Waals surface area contributed by atoms with E-state index in [1.165, 1.54) is 6.08 Å². The van der Waals surface area contributed by atoms with Crippen molar-refractivity contribution < 1.29 is 18.8 Å². The Morgan fingerprint density at radius 1 is 1.90 bits per heavy atom. The van der Waals surface area contributed by atoms with Crippen molar-refractivity contribution in [1.82, 2.24) is 0 Å². The van der Waals surface area contributed by atoms with Crippen LogP contribution < -0.4 is 0 Å². The Morgan fingerprint density at radius 3 is 2.70 bits per heavy atom. The topological polar surface area (TPSA) is 63.6 Å². The maximum atomic E-state index is 10.6. The summed E-state index contributed by atoms with van der Waals surface area (Å²) in [5, 5.41) is 0. The zero-order valence-electron chi connectivity index (χ0n) is 5.61. The molecule has 0 heterocycles. The minimum absolute atomic E-state index is 0.0899. The first-order valence-electron chi connectivity index (χ1n) is 2.60. The Morgan fingerprint density at radius 2 is 2.40 bits per heavy atom. The number of rotatable bonds is 4. The van der Waals surface area contributed by atoms with E-state index in [2.05, 4.69) is 11.1 Å². The average Bonchev–Trinajstić information content (AvgIpc) is 1.84. The van der Waals surface area contributed by atoms with Crippen molar-refractivity contribution in [3.8, 4) is 0 Å². The van der Waals surface area contributed by atoms with E-state index in [-0.39, 0.29) is 6.61 Å². The van der Waals surface area contributed by atoms with Crippen LogP contribution in [-0.2, 0) is 13.9 Å². The highest BCUT2D eigenvalue weighted by molar-refractivity contribution is 7.70. The van der Waals surface area contributed by atoms with Gasteiger partial charge in [0.2, 0.25) is 5.52 Å². The van der Waals surface area contributed by atoms with E-state index in [0.717, 1.165) is 6.92 Å². The van der Waals surface area contributed by atoms with Crippen LogP contribution in [0.4, 0.5) is 0 Å². The number of hydrogen-bond donors (Lipinski definition) is 1. The van der Waals surface area contributed by atoms with Gasteiger partial charge in [0.25, 0.3) is 0 Å². The summed E-state index contributed by atoms with van der Waals surface area (Å²) in [6.45, 7) is 4.17. The molecule has 1 atom stereocenters. The second kappa shape index (κ2) is 3.66. The molecule has 0 aliphatic heterocycles. The van der Waals surface area contributed by atoms with Crippen LogP contribution >= 0.6 is 7.60 Å². The first kappa shape index (κ1) is 9.56. The molecule has 0 saturated carbocycles. The Kier molecular flexibility index (Phi) is 3.50. The van der Waals surface area contributed by atoms with E-state index in [4.69, 9.17) is 4.89 Å². The number of carbonyl (C=O) groups excluding carboxylic acids is 1. The molecule has 0 bridgehead atoms. The number of hydrogen-bond acceptors (Lipinski definition) is 3. The lowest BCUT2D eigenvalue weighted by atomic mass is 10.7. The van der Waals surface area contributed by atoms with Crippen molar-refractivity contribution in [1.29, 1.82) is 0 Å². The minimum atomic E-state index is -3.99. The molecule has 0 aromatic heterocycles. The molecule has 0 saturated heterocycles. The summed E-state index contributed by atoms with van der Waals surface area (Å²) in [5.74, 6) is 0. The molecular formula is C5H9O4P. The lowest BCUT2D eigenvalue weighted by molar-refractivity contribution is -0.111. The first-order chi connectivity index (χ1) is 4.50. The molecule has 0 radical (unpaired) electrons. The van der Waals surface area contributed by atoms with E-state index in [9.17, 15) is 9.36 Å². The summed E-state index contributed by atoms with van der Waals surface area (Å²) in [4.78, 5) is 19.0. The smallest absolute Gasteiger partial charge is 0.319 e. The summed E-state index contributed by atoms with van der Waals surface area (Å²) in [5.41, 5.74) is -0.852. The Hall–Kier alpha value is -0.440. The summed E-state index contributed by atoms with van der Waals surface area (Å²) >= 11 is 0. The van der Waals surface area contributed by atoms with Gasteiger partial charge in [0.15, 0.2) is 0 Å². The van der Waals surface area contributed by atoms with Gasteiger partial charge in [-0.1, -0.05) is 6.08 Å². The predicted octanol–water partition coefficient (Wildman–Crippen LogP) is 0.921. The van der Waals surface area contributed by atoms with E-state index in [0.29, 0.717) is 0 Å². The van der Waals surface area contributed by atoms with Crippen molar-refractivity contribution in [3.05, 3.63) is 12.7 Å². The van der Waals surface area contributed by atoms with Gasteiger partial charge in [0.1, 0.15) is 0 Å². The molecule has 1 N–H and O–H groups in total. The fourth-order valence-electron chi connectivity index (χ4n) is 0.245. The number of carbonyl (C=O) groups is 1. The van der Waals surface area contributed by atoms with Gasteiger partial charge >= 0.3 is 7.60 Å². The third-order valence-corrected chi connectivity index (χ3v) is 2.06. The molecule has 0 amide bonds. The second-order valence-electron chi connectivity index (χ2n) is 1.62. The van der Waals surface area contributed by atoms with Gasteiger partial charge in [-0.3, -0.25) is 13.9 Å². The molecule has 0 spiro atoms. The Balaban J connectivity index is 4.00. The average molecular weight is 164 g/mol. The van der Waals surface area contributed by atoms with Gasteiger partial charge in [0, 0.05) is 6.92 Å². The van der Waals surface area contributed by atoms with Crippen molar-refractivity contribution in [2.75, 3.05) is 6.61 Å². The molecule has 4 nitrogen and oxygen atoms in total. The van der Waals surface area contributed by atoms with Crippen molar-refractivity contribution in [2.45, 2.75) is 6.92 Å². The lowest BCUT2D eigenvalue weighted by Gasteiger charge is -2.04. The van der Waals surface area contributed by atoms with Crippen LogP contribution in [0.25, 0.3) is 0 Å². The summed E-state index contributed by atoms with van der Waals surface area (Å²) < 4.78 is 14.9. The quantitative estimate of drug-likeness (QED) is 0.495. The molecule has 10 heavy (non-hydrogen) atoms. The molecule has 0 aliphatic carbocycles. The minimum Gasteiger partial charge on any atom is -0.319 e. The molecule has 1 unspecified atom stereocenters. The van der Waals surface area contributed by atoms with Crippen molar-refractivity contribution in [3.63, 3.8) is 0 Å². The molecule has 58 valence electrons. The van der Waals surface area contributed by atoms with Crippen LogP contribution in [0.2, 0.25) is 0 Å².